The van der Waals surface area contributed by atoms with Crippen molar-refractivity contribution in [3.63, 3.8) is 0 Å². The van der Waals surface area contributed by atoms with E-state index in [0.29, 0.717) is 5.92 Å². The van der Waals surface area contributed by atoms with Gasteiger partial charge in [0, 0.05) is 44.8 Å². The lowest BCUT2D eigenvalue weighted by molar-refractivity contribution is 0.324. The first-order valence-corrected chi connectivity index (χ1v) is 6.73. The lowest BCUT2D eigenvalue weighted by atomic mass is 9.98. The van der Waals surface area contributed by atoms with E-state index in [4.69, 9.17) is 5.73 Å². The topological polar surface area (TPSA) is 47.1 Å². The van der Waals surface area contributed by atoms with E-state index >= 15 is 0 Å². The molecule has 1 aliphatic rings. The monoisotopic (exact) mass is 256 g/mol. The Morgan fingerprint density at radius 3 is 2.74 bits per heavy atom. The Morgan fingerprint density at radius 1 is 1.26 bits per heavy atom. The Kier molecular flexibility index (Phi) is 3.36. The number of hydrogen-bond acceptors (Lipinski definition) is 3. The van der Waals surface area contributed by atoms with E-state index in [1.54, 1.807) is 0 Å². The van der Waals surface area contributed by atoms with E-state index in [0.717, 1.165) is 19.6 Å². The van der Waals surface area contributed by atoms with Crippen molar-refractivity contribution >= 4 is 0 Å². The van der Waals surface area contributed by atoms with Crippen LogP contribution in [0.5, 0.6) is 0 Å². The van der Waals surface area contributed by atoms with E-state index in [2.05, 4.69) is 46.5 Å². The van der Waals surface area contributed by atoms with Gasteiger partial charge in [-0.3, -0.25) is 9.58 Å². The molecule has 0 radical (unpaired) electrons. The zero-order valence-electron chi connectivity index (χ0n) is 11.2. The molecular weight excluding hydrogens is 236 g/mol. The molecule has 1 aromatic carbocycles. The van der Waals surface area contributed by atoms with Crippen molar-refractivity contribution in [2.45, 2.75) is 18.5 Å². The third-order valence-corrected chi connectivity index (χ3v) is 3.84. The van der Waals surface area contributed by atoms with Crippen molar-refractivity contribution in [2.24, 2.45) is 12.8 Å². The highest BCUT2D eigenvalue weighted by Crippen LogP contribution is 2.27. The molecule has 1 aliphatic heterocycles. The molecule has 2 atom stereocenters. The second-order valence-electron chi connectivity index (χ2n) is 5.40. The van der Waals surface area contributed by atoms with Gasteiger partial charge in [0.15, 0.2) is 0 Å². The summed E-state index contributed by atoms with van der Waals surface area (Å²) in [6.45, 7) is 2.95. The van der Waals surface area contributed by atoms with Gasteiger partial charge >= 0.3 is 0 Å². The molecule has 1 aromatic heterocycles. The Bertz CT molecular complexity index is 534. The van der Waals surface area contributed by atoms with Crippen molar-refractivity contribution in [2.75, 3.05) is 13.1 Å². The quantitative estimate of drug-likeness (QED) is 0.901. The van der Waals surface area contributed by atoms with Gasteiger partial charge in [-0.2, -0.15) is 5.10 Å². The van der Waals surface area contributed by atoms with Gasteiger partial charge in [-0.1, -0.05) is 30.3 Å². The summed E-state index contributed by atoms with van der Waals surface area (Å²) in [5.74, 6) is 0.400. The fourth-order valence-corrected chi connectivity index (χ4v) is 2.87. The van der Waals surface area contributed by atoms with E-state index in [1.165, 1.54) is 11.1 Å². The van der Waals surface area contributed by atoms with E-state index in [9.17, 15) is 0 Å². The summed E-state index contributed by atoms with van der Waals surface area (Å²) in [5.41, 5.74) is 8.89. The molecule has 0 unspecified atom stereocenters. The molecular formula is C15H20N4. The summed E-state index contributed by atoms with van der Waals surface area (Å²) in [7, 11) is 1.95. The first-order chi connectivity index (χ1) is 9.22. The number of aromatic nitrogens is 2. The average Bonchev–Trinajstić information content (AvgIpc) is 2.97. The van der Waals surface area contributed by atoms with Crippen LogP contribution in [0.4, 0.5) is 0 Å². The van der Waals surface area contributed by atoms with Gasteiger partial charge < -0.3 is 5.73 Å². The fourth-order valence-electron chi connectivity index (χ4n) is 2.87. The molecule has 1 saturated heterocycles. The number of likely N-dealkylation sites (tertiary alicyclic amines) is 1. The van der Waals surface area contributed by atoms with Gasteiger partial charge in [0.25, 0.3) is 0 Å². The molecule has 4 nitrogen and oxygen atoms in total. The van der Waals surface area contributed by atoms with Crippen molar-refractivity contribution in [1.29, 1.82) is 0 Å². The van der Waals surface area contributed by atoms with Crippen LogP contribution in [0.3, 0.4) is 0 Å². The van der Waals surface area contributed by atoms with Crippen molar-refractivity contribution in [3.05, 3.63) is 53.9 Å². The minimum absolute atomic E-state index is 0.202. The van der Waals surface area contributed by atoms with Gasteiger partial charge in [-0.05, 0) is 11.1 Å². The Balaban J connectivity index is 1.68. The van der Waals surface area contributed by atoms with Crippen molar-refractivity contribution in [1.82, 2.24) is 14.7 Å². The summed E-state index contributed by atoms with van der Waals surface area (Å²) < 4.78 is 1.85. The standard InChI is InChI=1S/C15H20N4/c1-18-9-13(7-17-18)14-10-19(11-15(14)16)8-12-5-3-2-4-6-12/h2-7,9,14-15H,8,10-11,16H2,1H3/t14-,15+/m1/s1. The van der Waals surface area contributed by atoms with E-state index in [-0.39, 0.29) is 6.04 Å². The summed E-state index contributed by atoms with van der Waals surface area (Å²) >= 11 is 0. The summed E-state index contributed by atoms with van der Waals surface area (Å²) in [5, 5.41) is 4.25. The van der Waals surface area contributed by atoms with Crippen LogP contribution < -0.4 is 5.73 Å². The van der Waals surface area contributed by atoms with Gasteiger partial charge in [0.05, 0.1) is 6.20 Å². The van der Waals surface area contributed by atoms with Crippen molar-refractivity contribution in [3.8, 4) is 0 Å². The maximum Gasteiger partial charge on any atom is 0.0525 e. The molecule has 0 bridgehead atoms. The van der Waals surface area contributed by atoms with Crippen molar-refractivity contribution < 1.29 is 0 Å². The minimum atomic E-state index is 0.202. The summed E-state index contributed by atoms with van der Waals surface area (Å²) in [6, 6.07) is 10.8. The van der Waals surface area contributed by atoms with Crippen LogP contribution >= 0.6 is 0 Å². The maximum absolute atomic E-state index is 6.29. The van der Waals surface area contributed by atoms with Gasteiger partial charge in [0.1, 0.15) is 0 Å². The predicted octanol–water partition coefficient (Wildman–Crippen LogP) is 1.35. The van der Waals surface area contributed by atoms with E-state index in [1.807, 2.05) is 17.9 Å². The Morgan fingerprint density at radius 2 is 2.05 bits per heavy atom. The largest absolute Gasteiger partial charge is 0.326 e. The lowest BCUT2D eigenvalue weighted by Gasteiger charge is -2.15. The SMILES string of the molecule is Cn1cc([C@H]2CN(Cc3ccccc3)C[C@@H]2N)cn1. The maximum atomic E-state index is 6.29. The number of aryl methyl sites for hydroxylation is 1. The molecule has 0 aliphatic carbocycles. The molecule has 19 heavy (non-hydrogen) atoms. The van der Waals surface area contributed by atoms with Crippen LogP contribution in [-0.2, 0) is 13.6 Å². The first kappa shape index (κ1) is 12.4. The molecule has 0 spiro atoms. The Hall–Kier alpha value is -1.65. The molecule has 2 N–H and O–H groups in total. The number of hydrogen-bond donors (Lipinski definition) is 1. The van der Waals surface area contributed by atoms with Crippen LogP contribution in [0.25, 0.3) is 0 Å². The smallest absolute Gasteiger partial charge is 0.0525 e. The third-order valence-electron chi connectivity index (χ3n) is 3.84. The molecule has 1 fully saturated rings. The van der Waals surface area contributed by atoms with Crippen LogP contribution in [0.15, 0.2) is 42.7 Å². The van der Waals surface area contributed by atoms with Crippen LogP contribution in [0.2, 0.25) is 0 Å². The number of benzene rings is 1. The number of nitrogens with zero attached hydrogens (tertiary/aromatic N) is 3. The number of nitrogens with two attached hydrogens (primary N) is 1. The van der Waals surface area contributed by atoms with Crippen LogP contribution in [-0.4, -0.2) is 33.8 Å². The highest BCUT2D eigenvalue weighted by atomic mass is 15.2. The molecule has 0 saturated carbocycles. The molecule has 2 aromatic rings. The number of rotatable bonds is 3. The summed E-state index contributed by atoms with van der Waals surface area (Å²) in [6.07, 6.45) is 4.02. The summed E-state index contributed by atoms with van der Waals surface area (Å²) in [4.78, 5) is 2.43. The average molecular weight is 256 g/mol. The lowest BCUT2D eigenvalue weighted by Crippen LogP contribution is -2.28. The molecule has 0 amide bonds. The molecule has 4 heteroatoms. The normalized spacial score (nSPS) is 23.9. The van der Waals surface area contributed by atoms with Gasteiger partial charge in [0.2, 0.25) is 0 Å². The highest BCUT2D eigenvalue weighted by Gasteiger charge is 2.31. The fraction of sp³-hybridized carbons (Fsp3) is 0.400. The van der Waals surface area contributed by atoms with Crippen LogP contribution in [0.1, 0.15) is 17.0 Å². The second-order valence-corrected chi connectivity index (χ2v) is 5.40. The Labute approximate surface area is 113 Å². The second kappa shape index (κ2) is 5.15. The predicted molar refractivity (Wildman–Crippen MR) is 75.6 cm³/mol. The zero-order valence-corrected chi connectivity index (χ0v) is 11.2. The van der Waals surface area contributed by atoms with Gasteiger partial charge in [-0.15, -0.1) is 0 Å². The van der Waals surface area contributed by atoms with Crippen LogP contribution in [0, 0.1) is 0 Å². The molecule has 3 rings (SSSR count). The van der Waals surface area contributed by atoms with Gasteiger partial charge in [-0.25, -0.2) is 0 Å². The zero-order chi connectivity index (χ0) is 13.2. The third kappa shape index (κ3) is 2.69. The minimum Gasteiger partial charge on any atom is -0.326 e. The molecule has 2 heterocycles. The first-order valence-electron chi connectivity index (χ1n) is 6.73. The highest BCUT2D eigenvalue weighted by molar-refractivity contribution is 5.19. The molecule has 100 valence electrons. The van der Waals surface area contributed by atoms with E-state index < -0.39 is 0 Å².